The summed E-state index contributed by atoms with van der Waals surface area (Å²) in [5, 5.41) is 0.628. The number of aromatic nitrogens is 1. The Morgan fingerprint density at radius 2 is 1.88 bits per heavy atom. The first-order valence-corrected chi connectivity index (χ1v) is 5.27. The van der Waals surface area contributed by atoms with Gasteiger partial charge in [-0.1, -0.05) is 11.6 Å². The van der Waals surface area contributed by atoms with Crippen LogP contribution in [0.15, 0.2) is 42.7 Å². The van der Waals surface area contributed by atoms with E-state index in [4.69, 9.17) is 11.6 Å². The predicted molar refractivity (Wildman–Crippen MR) is 63.9 cm³/mol. The number of nitrogens with zero attached hydrogens (tertiary/aromatic N) is 1. The first-order valence-electron chi connectivity index (χ1n) is 4.89. The zero-order chi connectivity index (χ0) is 11.5. The van der Waals surface area contributed by atoms with Crippen molar-refractivity contribution in [1.29, 1.82) is 0 Å². The highest BCUT2D eigenvalue weighted by Crippen LogP contribution is 2.15. The zero-order valence-electron chi connectivity index (χ0n) is 8.77. The molecule has 1 aromatic carbocycles. The first kappa shape index (κ1) is 10.8. The second-order valence-electron chi connectivity index (χ2n) is 3.53. The lowest BCUT2D eigenvalue weighted by Crippen LogP contribution is -2.03. The lowest BCUT2D eigenvalue weighted by atomic mass is 10.0. The summed E-state index contributed by atoms with van der Waals surface area (Å²) in [7, 11) is 0. The molecule has 0 atom stereocenters. The Morgan fingerprint density at radius 1 is 1.19 bits per heavy atom. The second-order valence-corrected chi connectivity index (χ2v) is 3.96. The molecule has 2 aromatic rings. The van der Waals surface area contributed by atoms with Gasteiger partial charge in [-0.15, -0.1) is 0 Å². The van der Waals surface area contributed by atoms with E-state index in [9.17, 15) is 4.79 Å². The van der Waals surface area contributed by atoms with Crippen molar-refractivity contribution < 1.29 is 4.79 Å². The van der Waals surface area contributed by atoms with Crippen molar-refractivity contribution in [1.82, 2.24) is 4.98 Å². The third-order valence-electron chi connectivity index (χ3n) is 2.37. The van der Waals surface area contributed by atoms with Gasteiger partial charge in [0, 0.05) is 28.5 Å². The zero-order valence-corrected chi connectivity index (χ0v) is 9.53. The van der Waals surface area contributed by atoms with Crippen LogP contribution in [0.2, 0.25) is 5.02 Å². The molecule has 0 radical (unpaired) electrons. The maximum absolute atomic E-state index is 12.1. The Labute approximate surface area is 98.9 Å². The molecule has 80 valence electrons. The van der Waals surface area contributed by atoms with Crippen LogP contribution in [-0.2, 0) is 0 Å². The maximum atomic E-state index is 12.1. The quantitative estimate of drug-likeness (QED) is 0.743. The van der Waals surface area contributed by atoms with Crippen molar-refractivity contribution in [3.63, 3.8) is 0 Å². The smallest absolute Gasteiger partial charge is 0.193 e. The summed E-state index contributed by atoms with van der Waals surface area (Å²) < 4.78 is 0. The van der Waals surface area contributed by atoms with E-state index in [0.29, 0.717) is 16.1 Å². The van der Waals surface area contributed by atoms with Crippen LogP contribution in [0.4, 0.5) is 0 Å². The van der Waals surface area contributed by atoms with Crippen LogP contribution in [0.5, 0.6) is 0 Å². The van der Waals surface area contributed by atoms with Gasteiger partial charge in [0.1, 0.15) is 0 Å². The van der Waals surface area contributed by atoms with Crippen molar-refractivity contribution in [3.8, 4) is 0 Å². The molecule has 0 aliphatic heterocycles. The normalized spacial score (nSPS) is 10.1. The number of hydrogen-bond acceptors (Lipinski definition) is 2. The van der Waals surface area contributed by atoms with Gasteiger partial charge >= 0.3 is 0 Å². The minimum absolute atomic E-state index is 0.00318. The molecule has 16 heavy (non-hydrogen) atoms. The van der Waals surface area contributed by atoms with E-state index in [2.05, 4.69) is 4.98 Å². The standard InChI is InChI=1S/C13H10ClNO/c1-9-8-15-7-6-12(9)13(16)10-2-4-11(14)5-3-10/h2-8H,1H3. The molecular weight excluding hydrogens is 222 g/mol. The Kier molecular flexibility index (Phi) is 3.02. The minimum Gasteiger partial charge on any atom is -0.289 e. The maximum Gasteiger partial charge on any atom is 0.193 e. The fraction of sp³-hybridized carbons (Fsp3) is 0.0769. The van der Waals surface area contributed by atoms with Crippen LogP contribution < -0.4 is 0 Å². The third kappa shape index (κ3) is 2.12. The summed E-state index contributed by atoms with van der Waals surface area (Å²) in [5.41, 5.74) is 2.19. The van der Waals surface area contributed by atoms with Gasteiger partial charge in [-0.3, -0.25) is 9.78 Å². The van der Waals surface area contributed by atoms with Gasteiger partial charge in [0.15, 0.2) is 5.78 Å². The largest absolute Gasteiger partial charge is 0.289 e. The van der Waals surface area contributed by atoms with Gasteiger partial charge < -0.3 is 0 Å². The first-order chi connectivity index (χ1) is 7.68. The average Bonchev–Trinajstić information content (AvgIpc) is 2.30. The van der Waals surface area contributed by atoms with Gasteiger partial charge in [0.25, 0.3) is 0 Å². The number of rotatable bonds is 2. The summed E-state index contributed by atoms with van der Waals surface area (Å²) in [5.74, 6) is -0.00318. The monoisotopic (exact) mass is 231 g/mol. The minimum atomic E-state index is -0.00318. The SMILES string of the molecule is Cc1cnccc1C(=O)c1ccc(Cl)cc1. The fourth-order valence-electron chi connectivity index (χ4n) is 1.48. The van der Waals surface area contributed by atoms with Gasteiger partial charge in [0.05, 0.1) is 0 Å². The van der Waals surface area contributed by atoms with Crippen LogP contribution in [0.1, 0.15) is 21.5 Å². The van der Waals surface area contributed by atoms with Crippen molar-refractivity contribution >= 4 is 17.4 Å². The van der Waals surface area contributed by atoms with Gasteiger partial charge in [-0.05, 0) is 42.8 Å². The van der Waals surface area contributed by atoms with E-state index < -0.39 is 0 Å². The molecule has 2 nitrogen and oxygen atoms in total. The highest BCUT2D eigenvalue weighted by Gasteiger charge is 2.10. The van der Waals surface area contributed by atoms with Gasteiger partial charge in [-0.2, -0.15) is 0 Å². The molecule has 0 unspecified atom stereocenters. The van der Waals surface area contributed by atoms with Crippen molar-refractivity contribution in [2.75, 3.05) is 0 Å². The number of aryl methyl sites for hydroxylation is 1. The molecular formula is C13H10ClNO. The topological polar surface area (TPSA) is 30.0 Å². The molecule has 3 heteroatoms. The number of halogens is 1. The van der Waals surface area contributed by atoms with E-state index in [-0.39, 0.29) is 5.78 Å². The number of hydrogen-bond donors (Lipinski definition) is 0. The van der Waals surface area contributed by atoms with Crippen molar-refractivity contribution in [2.45, 2.75) is 6.92 Å². The molecule has 0 bridgehead atoms. The molecule has 0 spiro atoms. The lowest BCUT2D eigenvalue weighted by molar-refractivity contribution is 0.103. The molecule has 0 aliphatic carbocycles. The van der Waals surface area contributed by atoms with Gasteiger partial charge in [-0.25, -0.2) is 0 Å². The van der Waals surface area contributed by atoms with E-state index in [0.717, 1.165) is 5.56 Å². The lowest BCUT2D eigenvalue weighted by Gasteiger charge is -2.03. The molecule has 0 aliphatic rings. The summed E-state index contributed by atoms with van der Waals surface area (Å²) in [4.78, 5) is 16.1. The van der Waals surface area contributed by atoms with E-state index in [1.54, 1.807) is 42.7 Å². The fourth-order valence-corrected chi connectivity index (χ4v) is 1.61. The van der Waals surface area contributed by atoms with Crippen molar-refractivity contribution in [3.05, 3.63) is 64.4 Å². The van der Waals surface area contributed by atoms with E-state index in [1.807, 2.05) is 6.92 Å². The highest BCUT2D eigenvalue weighted by atomic mass is 35.5. The Balaban J connectivity index is 2.40. The van der Waals surface area contributed by atoms with Crippen LogP contribution in [0, 0.1) is 6.92 Å². The van der Waals surface area contributed by atoms with Gasteiger partial charge in [0.2, 0.25) is 0 Å². The molecule has 1 aromatic heterocycles. The molecule has 0 saturated heterocycles. The van der Waals surface area contributed by atoms with Crippen LogP contribution in [0.3, 0.4) is 0 Å². The molecule has 0 fully saturated rings. The number of benzene rings is 1. The number of ketones is 1. The van der Waals surface area contributed by atoms with Crippen molar-refractivity contribution in [2.24, 2.45) is 0 Å². The van der Waals surface area contributed by atoms with E-state index >= 15 is 0 Å². The Morgan fingerprint density at radius 3 is 2.50 bits per heavy atom. The Bertz CT molecular complexity index is 520. The molecule has 0 saturated carbocycles. The summed E-state index contributed by atoms with van der Waals surface area (Å²) in [6.07, 6.45) is 3.30. The van der Waals surface area contributed by atoms with E-state index in [1.165, 1.54) is 0 Å². The number of carbonyl (C=O) groups excluding carboxylic acids is 1. The molecule has 0 amide bonds. The summed E-state index contributed by atoms with van der Waals surface area (Å²) in [6, 6.07) is 8.61. The molecule has 0 N–H and O–H groups in total. The third-order valence-corrected chi connectivity index (χ3v) is 2.62. The summed E-state index contributed by atoms with van der Waals surface area (Å²) >= 11 is 5.77. The van der Waals surface area contributed by atoms with Crippen LogP contribution in [-0.4, -0.2) is 10.8 Å². The molecule has 1 heterocycles. The second kappa shape index (κ2) is 4.45. The van der Waals surface area contributed by atoms with Crippen LogP contribution in [0.25, 0.3) is 0 Å². The number of pyridine rings is 1. The highest BCUT2D eigenvalue weighted by molar-refractivity contribution is 6.30. The number of carbonyl (C=O) groups is 1. The average molecular weight is 232 g/mol. The molecule has 2 rings (SSSR count). The predicted octanol–water partition coefficient (Wildman–Crippen LogP) is 3.27. The Hall–Kier alpha value is -1.67. The summed E-state index contributed by atoms with van der Waals surface area (Å²) in [6.45, 7) is 1.87. The van der Waals surface area contributed by atoms with Crippen LogP contribution >= 0.6 is 11.6 Å².